The Bertz CT molecular complexity index is 2660. The number of benzene rings is 2. The number of nitrogens with zero attached hydrogens (tertiary/aromatic N) is 11. The van der Waals surface area contributed by atoms with Gasteiger partial charge in [-0.05, 0) is 93.3 Å². The van der Waals surface area contributed by atoms with E-state index in [1.54, 1.807) is 26.5 Å². The molecule has 0 radical (unpaired) electrons. The van der Waals surface area contributed by atoms with Crippen molar-refractivity contribution in [1.29, 1.82) is 0 Å². The first-order valence-corrected chi connectivity index (χ1v) is 17.9. The number of rotatable bonds is 7. The Morgan fingerprint density at radius 1 is 0.714 bits per heavy atom. The predicted octanol–water partition coefficient (Wildman–Crippen LogP) is 7.37. The highest BCUT2D eigenvalue weighted by Crippen LogP contribution is 2.30. The van der Waals surface area contributed by atoms with Gasteiger partial charge >= 0.3 is 6.09 Å². The zero-order valence-electron chi connectivity index (χ0n) is 32.4. The maximum Gasteiger partial charge on any atom is 0.408 e. The molecular formula is C41H45ClN12O2. The highest BCUT2D eigenvalue weighted by molar-refractivity contribution is 5.85. The van der Waals surface area contributed by atoms with Gasteiger partial charge in [0.05, 0.1) is 33.8 Å². The molecule has 6 heterocycles. The third kappa shape index (κ3) is 8.02. The summed E-state index contributed by atoms with van der Waals surface area (Å²) in [5.41, 5.74) is 18.9. The molecule has 0 bridgehead atoms. The van der Waals surface area contributed by atoms with Gasteiger partial charge in [0.15, 0.2) is 0 Å². The van der Waals surface area contributed by atoms with Crippen molar-refractivity contribution < 1.29 is 9.90 Å². The normalized spacial score (nSPS) is 11.4. The van der Waals surface area contributed by atoms with E-state index in [1.165, 1.54) is 10.5 Å². The summed E-state index contributed by atoms with van der Waals surface area (Å²) in [5.74, 6) is 0. The summed E-state index contributed by atoms with van der Waals surface area (Å²) in [4.78, 5) is 22.2. The topological polar surface area (TPSA) is 163 Å². The molecule has 2 aromatic carbocycles. The molecule has 15 heteroatoms. The lowest BCUT2D eigenvalue weighted by Crippen LogP contribution is -2.44. The number of aromatic nitrogens is 10. The van der Waals surface area contributed by atoms with E-state index in [2.05, 4.69) is 61.6 Å². The third-order valence-electron chi connectivity index (χ3n) is 9.65. The molecule has 0 aliphatic heterocycles. The van der Waals surface area contributed by atoms with Crippen molar-refractivity contribution in [3.05, 3.63) is 120 Å². The van der Waals surface area contributed by atoms with Crippen molar-refractivity contribution in [3.63, 3.8) is 0 Å². The second-order valence-corrected chi connectivity index (χ2v) is 14.6. The Kier molecular flexibility index (Phi) is 11.1. The number of aryl methyl sites for hydroxylation is 4. The molecule has 288 valence electrons. The van der Waals surface area contributed by atoms with Gasteiger partial charge in [0.1, 0.15) is 12.7 Å². The Labute approximate surface area is 330 Å². The monoisotopic (exact) mass is 772 g/mol. The molecule has 8 rings (SSSR count). The van der Waals surface area contributed by atoms with E-state index in [1.807, 2.05) is 107 Å². The Morgan fingerprint density at radius 2 is 1.18 bits per heavy atom. The molecule has 8 aromatic rings. The first-order chi connectivity index (χ1) is 26.3. The molecular weight excluding hydrogens is 728 g/mol. The number of carbonyl (C=O) groups is 1. The second-order valence-electron chi connectivity index (χ2n) is 14.6. The quantitative estimate of drug-likeness (QED) is 0.168. The van der Waals surface area contributed by atoms with Crippen molar-refractivity contribution in [2.75, 3.05) is 0 Å². The van der Waals surface area contributed by atoms with Crippen LogP contribution in [-0.2, 0) is 27.2 Å². The molecule has 0 atom stereocenters. The minimum atomic E-state index is -0.927. The van der Waals surface area contributed by atoms with Crippen molar-refractivity contribution >= 4 is 29.5 Å². The number of nitrogens with two attached hydrogens (primary N) is 1. The molecule has 56 heavy (non-hydrogen) atoms. The van der Waals surface area contributed by atoms with Crippen LogP contribution in [-0.4, -0.2) is 70.4 Å². The standard InChI is InChI=1S/C23H26N6O2.C18H18N6.ClH/c1-15-10-16(6-7-17(15)12-28(22(30)31)23(2,3)4)21-20-11-18(13-29(20)25-14-24-21)19-8-9-27(5)26-19;1-12-7-13(3-4-14(12)9-19)18-17-8-15(10-24(17)21-11-20-18)16-5-6-23(2)22-16;/h6-11,13-14H,12H2,1-5H3,(H,30,31);3-8,10-11H,9,19H2,1-2H3;1H. The van der Waals surface area contributed by atoms with Crippen LogP contribution < -0.4 is 5.73 Å². The number of hydrogen-bond donors (Lipinski definition) is 2. The van der Waals surface area contributed by atoms with E-state index < -0.39 is 11.6 Å². The lowest BCUT2D eigenvalue weighted by atomic mass is 10.00. The van der Waals surface area contributed by atoms with Crippen molar-refractivity contribution in [3.8, 4) is 45.0 Å². The Balaban J connectivity index is 0.000000192. The van der Waals surface area contributed by atoms with Gasteiger partial charge in [-0.2, -0.15) is 20.4 Å². The van der Waals surface area contributed by atoms with Gasteiger partial charge in [-0.3, -0.25) is 14.3 Å². The fourth-order valence-electron chi connectivity index (χ4n) is 6.58. The summed E-state index contributed by atoms with van der Waals surface area (Å²) in [7, 11) is 3.80. The summed E-state index contributed by atoms with van der Waals surface area (Å²) >= 11 is 0. The van der Waals surface area contributed by atoms with Crippen LogP contribution in [0, 0.1) is 13.8 Å². The molecule has 0 spiro atoms. The van der Waals surface area contributed by atoms with Crippen LogP contribution in [0.3, 0.4) is 0 Å². The fraction of sp³-hybridized carbons (Fsp3) is 0.244. The minimum absolute atomic E-state index is 0. The minimum Gasteiger partial charge on any atom is -0.465 e. The van der Waals surface area contributed by atoms with Crippen molar-refractivity contribution in [2.45, 2.75) is 53.2 Å². The molecule has 14 nitrogen and oxygen atoms in total. The van der Waals surface area contributed by atoms with Gasteiger partial charge in [-0.25, -0.2) is 23.8 Å². The number of fused-ring (bicyclic) bond motifs is 2. The first-order valence-electron chi connectivity index (χ1n) is 17.9. The molecule has 6 aromatic heterocycles. The summed E-state index contributed by atoms with van der Waals surface area (Å²) in [5, 5.41) is 27.2. The summed E-state index contributed by atoms with van der Waals surface area (Å²) in [6.07, 6.45) is 9.95. The largest absolute Gasteiger partial charge is 0.465 e. The van der Waals surface area contributed by atoms with Crippen molar-refractivity contribution in [1.82, 2.24) is 53.7 Å². The second kappa shape index (κ2) is 15.8. The van der Waals surface area contributed by atoms with Gasteiger partial charge < -0.3 is 10.8 Å². The highest BCUT2D eigenvalue weighted by atomic mass is 35.5. The molecule has 0 fully saturated rings. The van der Waals surface area contributed by atoms with Crippen LogP contribution >= 0.6 is 12.4 Å². The SMILES string of the molecule is Cc1cc(-c2ncnn3cc(-c4ccn(C)n4)cc23)ccc1CN.Cc1cc(-c2ncnn3cc(-c4ccn(C)n4)cc23)ccc1CN(C(=O)O)C(C)(C)C.Cl. The predicted molar refractivity (Wildman–Crippen MR) is 219 cm³/mol. The van der Waals surface area contributed by atoms with Gasteiger partial charge in [0, 0.05) is 79.8 Å². The molecule has 0 saturated heterocycles. The maximum absolute atomic E-state index is 11.7. The molecule has 0 unspecified atom stereocenters. The van der Waals surface area contributed by atoms with E-state index >= 15 is 0 Å². The average Bonchev–Trinajstić information content (AvgIpc) is 3.96. The molecule has 0 aliphatic rings. The van der Waals surface area contributed by atoms with Gasteiger partial charge in [-0.15, -0.1) is 12.4 Å². The number of carboxylic acid groups (broad SMARTS) is 1. The van der Waals surface area contributed by atoms with Crippen LogP contribution in [0.25, 0.3) is 56.1 Å². The third-order valence-corrected chi connectivity index (χ3v) is 9.65. The van der Waals surface area contributed by atoms with Crippen LogP contribution in [0.2, 0.25) is 0 Å². The number of amides is 1. The van der Waals surface area contributed by atoms with E-state index in [9.17, 15) is 9.90 Å². The summed E-state index contributed by atoms with van der Waals surface area (Å²) < 4.78 is 7.21. The smallest absolute Gasteiger partial charge is 0.408 e. The van der Waals surface area contributed by atoms with Gasteiger partial charge in [-0.1, -0.05) is 24.3 Å². The van der Waals surface area contributed by atoms with Crippen molar-refractivity contribution in [2.24, 2.45) is 19.8 Å². The van der Waals surface area contributed by atoms with Crippen LogP contribution in [0.4, 0.5) is 4.79 Å². The lowest BCUT2D eigenvalue weighted by Gasteiger charge is -2.33. The Morgan fingerprint density at radius 3 is 1.55 bits per heavy atom. The van der Waals surface area contributed by atoms with E-state index in [0.717, 1.165) is 72.8 Å². The summed E-state index contributed by atoms with van der Waals surface area (Å²) in [6, 6.07) is 20.3. The first kappa shape index (κ1) is 39.3. The molecule has 3 N–H and O–H groups in total. The zero-order valence-corrected chi connectivity index (χ0v) is 33.2. The Hall–Kier alpha value is -6.38. The fourth-order valence-corrected chi connectivity index (χ4v) is 6.58. The average molecular weight is 773 g/mol. The molecule has 1 amide bonds. The number of hydrogen-bond acceptors (Lipinski definition) is 8. The van der Waals surface area contributed by atoms with Crippen LogP contribution in [0.15, 0.2) is 98.1 Å². The summed E-state index contributed by atoms with van der Waals surface area (Å²) in [6.45, 7) is 10.6. The van der Waals surface area contributed by atoms with E-state index in [-0.39, 0.29) is 12.4 Å². The molecule has 0 aliphatic carbocycles. The lowest BCUT2D eigenvalue weighted by molar-refractivity contribution is 0.0954. The maximum atomic E-state index is 11.7. The van der Waals surface area contributed by atoms with Gasteiger partial charge in [0.2, 0.25) is 0 Å². The van der Waals surface area contributed by atoms with E-state index in [4.69, 9.17) is 5.73 Å². The molecule has 0 saturated carbocycles. The van der Waals surface area contributed by atoms with E-state index in [0.29, 0.717) is 13.1 Å². The number of halogens is 1. The van der Waals surface area contributed by atoms with Crippen LogP contribution in [0.5, 0.6) is 0 Å². The van der Waals surface area contributed by atoms with Gasteiger partial charge in [0.25, 0.3) is 0 Å². The zero-order chi connectivity index (χ0) is 39.0. The van der Waals surface area contributed by atoms with Crippen LogP contribution in [0.1, 0.15) is 43.0 Å². The highest BCUT2D eigenvalue weighted by Gasteiger charge is 2.26.